The third kappa shape index (κ3) is 5.02. The molecule has 1 aliphatic rings. The molecule has 8 heteroatoms. The standard InChI is InChI=1S/C25H30N2O6/c1-5-33-21-13-9-7-11-19(21)27-24(28)22(18-10-6-8-12-20(18)32-4)23(25(27)29)26(14-16-30-2)15-17-31-3/h6-13H,5,14-17H2,1-4H3. The van der Waals surface area contributed by atoms with Crippen molar-refractivity contribution in [1.82, 2.24) is 4.90 Å². The van der Waals surface area contributed by atoms with Crippen molar-refractivity contribution in [3.8, 4) is 11.5 Å². The molecule has 0 unspecified atom stereocenters. The zero-order valence-electron chi connectivity index (χ0n) is 19.5. The van der Waals surface area contributed by atoms with Gasteiger partial charge >= 0.3 is 0 Å². The van der Waals surface area contributed by atoms with Crippen LogP contribution in [0.2, 0.25) is 0 Å². The molecule has 0 N–H and O–H groups in total. The molecule has 1 aliphatic heterocycles. The fourth-order valence-electron chi connectivity index (χ4n) is 3.78. The number of methoxy groups -OCH3 is 3. The van der Waals surface area contributed by atoms with Crippen molar-refractivity contribution in [2.75, 3.05) is 59.1 Å². The number of benzene rings is 2. The summed E-state index contributed by atoms with van der Waals surface area (Å²) >= 11 is 0. The van der Waals surface area contributed by atoms with E-state index in [1.165, 1.54) is 12.0 Å². The lowest BCUT2D eigenvalue weighted by Gasteiger charge is -2.26. The summed E-state index contributed by atoms with van der Waals surface area (Å²) in [6.45, 7) is 3.83. The van der Waals surface area contributed by atoms with Gasteiger partial charge in [-0.1, -0.05) is 30.3 Å². The summed E-state index contributed by atoms with van der Waals surface area (Å²) in [7, 11) is 4.72. The quantitative estimate of drug-likeness (QED) is 0.456. The van der Waals surface area contributed by atoms with Crippen LogP contribution in [0, 0.1) is 0 Å². The lowest BCUT2D eigenvalue weighted by Crippen LogP contribution is -2.37. The van der Waals surface area contributed by atoms with Crippen molar-refractivity contribution in [3.63, 3.8) is 0 Å². The Morgan fingerprint density at radius 1 is 0.818 bits per heavy atom. The first-order valence-electron chi connectivity index (χ1n) is 10.8. The molecule has 0 aromatic heterocycles. The van der Waals surface area contributed by atoms with Gasteiger partial charge in [0, 0.05) is 32.9 Å². The minimum Gasteiger partial charge on any atom is -0.496 e. The average molecular weight is 455 g/mol. The molecule has 33 heavy (non-hydrogen) atoms. The molecule has 2 amide bonds. The van der Waals surface area contributed by atoms with Gasteiger partial charge < -0.3 is 23.8 Å². The van der Waals surface area contributed by atoms with Crippen molar-refractivity contribution >= 4 is 23.1 Å². The first-order valence-corrected chi connectivity index (χ1v) is 10.8. The number of anilines is 1. The van der Waals surface area contributed by atoms with Crippen LogP contribution in [0.3, 0.4) is 0 Å². The third-order valence-corrected chi connectivity index (χ3v) is 5.29. The molecule has 0 saturated heterocycles. The van der Waals surface area contributed by atoms with Gasteiger partial charge in [-0.15, -0.1) is 0 Å². The van der Waals surface area contributed by atoms with E-state index in [9.17, 15) is 9.59 Å². The molecular weight excluding hydrogens is 424 g/mol. The van der Waals surface area contributed by atoms with E-state index in [1.807, 2.05) is 24.0 Å². The minimum absolute atomic E-state index is 0.274. The Bertz CT molecular complexity index is 1010. The second-order valence-electron chi connectivity index (χ2n) is 7.24. The van der Waals surface area contributed by atoms with Crippen LogP contribution in [0.25, 0.3) is 5.57 Å². The summed E-state index contributed by atoms with van der Waals surface area (Å²) in [4.78, 5) is 30.7. The Morgan fingerprint density at radius 2 is 1.42 bits per heavy atom. The van der Waals surface area contributed by atoms with Crippen molar-refractivity contribution < 1.29 is 28.5 Å². The summed E-state index contributed by atoms with van der Waals surface area (Å²) in [6, 6.07) is 14.2. The van der Waals surface area contributed by atoms with E-state index in [-0.39, 0.29) is 11.3 Å². The van der Waals surface area contributed by atoms with Gasteiger partial charge in [0.25, 0.3) is 11.8 Å². The number of hydrogen-bond acceptors (Lipinski definition) is 7. The number of imide groups is 1. The first-order chi connectivity index (χ1) is 16.1. The van der Waals surface area contributed by atoms with E-state index in [0.717, 1.165) is 0 Å². The van der Waals surface area contributed by atoms with Crippen LogP contribution >= 0.6 is 0 Å². The van der Waals surface area contributed by atoms with Gasteiger partial charge in [-0.3, -0.25) is 9.59 Å². The van der Waals surface area contributed by atoms with Crippen molar-refractivity contribution in [2.45, 2.75) is 6.92 Å². The van der Waals surface area contributed by atoms with Gasteiger partial charge in [-0.2, -0.15) is 0 Å². The maximum Gasteiger partial charge on any atom is 0.282 e. The first kappa shape index (κ1) is 24.3. The van der Waals surface area contributed by atoms with Gasteiger partial charge in [0.05, 0.1) is 38.2 Å². The van der Waals surface area contributed by atoms with Crippen LogP contribution in [-0.4, -0.2) is 71.0 Å². The molecule has 0 atom stereocenters. The molecule has 1 heterocycles. The number of para-hydroxylation sites is 3. The highest BCUT2D eigenvalue weighted by Gasteiger charge is 2.44. The highest BCUT2D eigenvalue weighted by Crippen LogP contribution is 2.40. The third-order valence-electron chi connectivity index (χ3n) is 5.29. The molecule has 2 aromatic carbocycles. The van der Waals surface area contributed by atoms with E-state index in [1.54, 1.807) is 50.6 Å². The minimum atomic E-state index is -0.438. The maximum atomic E-state index is 13.9. The normalized spacial score (nSPS) is 13.6. The molecule has 0 saturated carbocycles. The van der Waals surface area contributed by atoms with Crippen molar-refractivity contribution in [2.24, 2.45) is 0 Å². The lowest BCUT2D eigenvalue weighted by atomic mass is 10.0. The largest absolute Gasteiger partial charge is 0.496 e. The summed E-state index contributed by atoms with van der Waals surface area (Å²) in [6.07, 6.45) is 0. The number of hydrogen-bond donors (Lipinski definition) is 0. The van der Waals surface area contributed by atoms with Crippen LogP contribution < -0.4 is 14.4 Å². The second kappa shape index (κ2) is 11.5. The average Bonchev–Trinajstić information content (AvgIpc) is 3.09. The fourth-order valence-corrected chi connectivity index (χ4v) is 3.78. The second-order valence-corrected chi connectivity index (χ2v) is 7.24. The number of ether oxygens (including phenoxy) is 4. The number of carbonyl (C=O) groups is 2. The topological polar surface area (TPSA) is 77.5 Å². The Hall–Kier alpha value is -3.36. The molecule has 0 radical (unpaired) electrons. The monoisotopic (exact) mass is 454 g/mol. The predicted octanol–water partition coefficient (Wildman–Crippen LogP) is 2.97. The van der Waals surface area contributed by atoms with Crippen LogP contribution in [-0.2, 0) is 19.1 Å². The fraction of sp³-hybridized carbons (Fsp3) is 0.360. The van der Waals surface area contributed by atoms with Crippen LogP contribution in [0.1, 0.15) is 12.5 Å². The molecule has 8 nitrogen and oxygen atoms in total. The summed E-state index contributed by atoms with van der Waals surface area (Å²) < 4.78 is 21.8. The highest BCUT2D eigenvalue weighted by atomic mass is 16.5. The molecule has 3 rings (SSSR count). The summed E-state index contributed by atoms with van der Waals surface area (Å²) in [5, 5.41) is 0. The zero-order chi connectivity index (χ0) is 23.8. The molecule has 0 fully saturated rings. The number of nitrogens with zero attached hydrogens (tertiary/aromatic N) is 2. The van der Waals surface area contributed by atoms with E-state index < -0.39 is 11.8 Å². The molecular formula is C25H30N2O6. The Kier molecular flexibility index (Phi) is 8.46. The highest BCUT2D eigenvalue weighted by molar-refractivity contribution is 6.46. The molecule has 0 aliphatic carbocycles. The molecule has 0 bridgehead atoms. The lowest BCUT2D eigenvalue weighted by molar-refractivity contribution is -0.120. The Labute approximate surface area is 194 Å². The number of rotatable bonds is 12. The summed E-state index contributed by atoms with van der Waals surface area (Å²) in [5.41, 5.74) is 1.50. The van der Waals surface area contributed by atoms with Gasteiger partial charge in [0.2, 0.25) is 0 Å². The Balaban J connectivity index is 2.19. The van der Waals surface area contributed by atoms with Crippen LogP contribution in [0.5, 0.6) is 11.5 Å². The van der Waals surface area contributed by atoms with E-state index in [2.05, 4.69) is 0 Å². The zero-order valence-corrected chi connectivity index (χ0v) is 19.5. The van der Waals surface area contributed by atoms with Gasteiger partial charge in [-0.25, -0.2) is 4.90 Å². The van der Waals surface area contributed by atoms with E-state index >= 15 is 0 Å². The molecule has 0 spiro atoms. The van der Waals surface area contributed by atoms with Crippen LogP contribution in [0.4, 0.5) is 5.69 Å². The van der Waals surface area contributed by atoms with E-state index in [4.69, 9.17) is 18.9 Å². The van der Waals surface area contributed by atoms with Gasteiger partial charge in [-0.05, 0) is 25.1 Å². The van der Waals surface area contributed by atoms with Gasteiger partial charge in [0.15, 0.2) is 0 Å². The maximum absolute atomic E-state index is 13.9. The van der Waals surface area contributed by atoms with Crippen LogP contribution in [0.15, 0.2) is 54.2 Å². The summed E-state index contributed by atoms with van der Waals surface area (Å²) in [5.74, 6) is 0.0962. The van der Waals surface area contributed by atoms with Crippen molar-refractivity contribution in [3.05, 3.63) is 59.8 Å². The molecule has 176 valence electrons. The number of amides is 2. The SMILES string of the molecule is CCOc1ccccc1N1C(=O)C(c2ccccc2OC)=C(N(CCOC)CCOC)C1=O. The molecule has 2 aromatic rings. The van der Waals surface area contributed by atoms with Crippen molar-refractivity contribution in [1.29, 1.82) is 0 Å². The van der Waals surface area contributed by atoms with Gasteiger partial charge in [0.1, 0.15) is 17.2 Å². The van der Waals surface area contributed by atoms with E-state index in [0.29, 0.717) is 55.7 Å². The predicted molar refractivity (Wildman–Crippen MR) is 125 cm³/mol. The smallest absolute Gasteiger partial charge is 0.282 e. The number of carbonyl (C=O) groups excluding carboxylic acids is 2. The Morgan fingerprint density at radius 3 is 2.03 bits per heavy atom.